The maximum atomic E-state index is 4.34. The van der Waals surface area contributed by atoms with Gasteiger partial charge in [0.15, 0.2) is 6.54 Å². The highest BCUT2D eigenvalue weighted by molar-refractivity contribution is 7.20. The minimum Gasteiger partial charge on any atom is -0.214 e. The number of para-hydroxylation sites is 1. The molecule has 0 saturated carbocycles. The van der Waals surface area contributed by atoms with Crippen molar-refractivity contribution in [3.8, 4) is 5.13 Å². The zero-order valence-corrected chi connectivity index (χ0v) is 8.74. The molecule has 15 heavy (non-hydrogen) atoms. The Bertz CT molecular complexity index is 665. The van der Waals surface area contributed by atoms with Crippen LogP contribution in [0.5, 0.6) is 0 Å². The third-order valence-corrected chi connectivity index (χ3v) is 3.98. The number of hydrogen-bond donors (Lipinski definition) is 0. The minimum atomic E-state index is 0.895. The molecule has 0 saturated heterocycles. The van der Waals surface area contributed by atoms with Gasteiger partial charge in [-0.1, -0.05) is 12.1 Å². The molecule has 0 atom stereocenters. The van der Waals surface area contributed by atoms with Gasteiger partial charge in [0.1, 0.15) is 11.7 Å². The number of nitrogens with zero attached hydrogens (tertiary/aromatic N) is 3. The number of imidazole rings is 1. The average molecular weight is 214 g/mol. The molecule has 3 aromatic rings. The van der Waals surface area contributed by atoms with Crippen LogP contribution in [0.4, 0.5) is 0 Å². The van der Waals surface area contributed by atoms with Gasteiger partial charge in [-0.2, -0.15) is 4.57 Å². The molecule has 1 aromatic carbocycles. The van der Waals surface area contributed by atoms with E-state index in [9.17, 15) is 0 Å². The van der Waals surface area contributed by atoms with Crippen molar-refractivity contribution in [2.24, 2.45) is 0 Å². The summed E-state index contributed by atoms with van der Waals surface area (Å²) in [6.07, 6.45) is 3.90. The Morgan fingerprint density at radius 1 is 1.33 bits per heavy atom. The molecule has 0 fully saturated rings. The summed E-state index contributed by atoms with van der Waals surface area (Å²) in [5.74, 6) is 1.13. The molecule has 3 heterocycles. The van der Waals surface area contributed by atoms with E-state index in [0.717, 1.165) is 12.4 Å². The fourth-order valence-electron chi connectivity index (χ4n) is 2.12. The average Bonchev–Trinajstić information content (AvgIpc) is 2.87. The number of aromatic nitrogens is 3. The smallest absolute Gasteiger partial charge is 0.214 e. The van der Waals surface area contributed by atoms with E-state index in [-0.39, 0.29) is 0 Å². The Morgan fingerprint density at radius 3 is 3.27 bits per heavy atom. The Labute approximate surface area is 90.2 Å². The van der Waals surface area contributed by atoms with Crippen LogP contribution in [0.1, 0.15) is 5.82 Å². The van der Waals surface area contributed by atoms with E-state index in [1.54, 1.807) is 0 Å². The molecular formula is C11H8N3S+. The zero-order valence-electron chi connectivity index (χ0n) is 7.92. The van der Waals surface area contributed by atoms with E-state index < -0.39 is 0 Å². The van der Waals surface area contributed by atoms with Gasteiger partial charge in [-0.25, -0.2) is 9.55 Å². The normalized spacial score (nSPS) is 13.1. The number of fused-ring (bicyclic) bond motifs is 5. The van der Waals surface area contributed by atoms with E-state index >= 15 is 0 Å². The zero-order chi connectivity index (χ0) is 9.83. The van der Waals surface area contributed by atoms with Gasteiger partial charge in [-0.3, -0.25) is 0 Å². The first-order chi connectivity index (χ1) is 7.43. The summed E-state index contributed by atoms with van der Waals surface area (Å²) >= 11 is 1.82. The molecule has 0 N–H and O–H groups in total. The molecule has 72 valence electrons. The lowest BCUT2D eigenvalue weighted by molar-refractivity contribution is -0.644. The molecular weight excluding hydrogens is 206 g/mol. The fourth-order valence-corrected chi connectivity index (χ4v) is 3.29. The van der Waals surface area contributed by atoms with Crippen LogP contribution in [0.2, 0.25) is 0 Å². The van der Waals surface area contributed by atoms with Gasteiger partial charge in [0.2, 0.25) is 5.82 Å². The monoisotopic (exact) mass is 214 g/mol. The number of thiazole rings is 1. The highest BCUT2D eigenvalue weighted by Crippen LogP contribution is 2.27. The van der Waals surface area contributed by atoms with Crippen molar-refractivity contribution in [1.29, 1.82) is 0 Å². The number of benzene rings is 1. The van der Waals surface area contributed by atoms with E-state index in [1.165, 1.54) is 15.3 Å². The van der Waals surface area contributed by atoms with Gasteiger partial charge >= 0.3 is 5.13 Å². The van der Waals surface area contributed by atoms with Gasteiger partial charge in [0, 0.05) is 0 Å². The minimum absolute atomic E-state index is 0.895. The van der Waals surface area contributed by atoms with Gasteiger partial charge in [0.25, 0.3) is 0 Å². The molecule has 0 radical (unpaired) electrons. The maximum absolute atomic E-state index is 4.34. The molecule has 0 bridgehead atoms. The Balaban J connectivity index is 2.15. The van der Waals surface area contributed by atoms with Gasteiger partial charge < -0.3 is 0 Å². The van der Waals surface area contributed by atoms with Crippen molar-refractivity contribution >= 4 is 21.6 Å². The maximum Gasteiger partial charge on any atom is 0.348 e. The highest BCUT2D eigenvalue weighted by Gasteiger charge is 2.31. The largest absolute Gasteiger partial charge is 0.348 e. The van der Waals surface area contributed by atoms with Crippen LogP contribution in [0.15, 0.2) is 36.7 Å². The number of hydrogen-bond acceptors (Lipinski definition) is 2. The van der Waals surface area contributed by atoms with Crippen LogP contribution in [-0.4, -0.2) is 9.55 Å². The van der Waals surface area contributed by atoms with Crippen molar-refractivity contribution in [3.05, 3.63) is 42.5 Å². The summed E-state index contributed by atoms with van der Waals surface area (Å²) in [6, 6.07) is 8.51. The highest BCUT2D eigenvalue weighted by atomic mass is 32.1. The molecule has 0 amide bonds. The van der Waals surface area contributed by atoms with Crippen LogP contribution < -0.4 is 4.57 Å². The van der Waals surface area contributed by atoms with E-state index in [4.69, 9.17) is 0 Å². The lowest BCUT2D eigenvalue weighted by Gasteiger charge is -1.88. The summed E-state index contributed by atoms with van der Waals surface area (Å²) in [6.45, 7) is 0.895. The quantitative estimate of drug-likeness (QED) is 0.409. The molecule has 1 aliphatic heterocycles. The first-order valence-corrected chi connectivity index (χ1v) is 5.69. The molecule has 3 nitrogen and oxygen atoms in total. The van der Waals surface area contributed by atoms with Crippen molar-refractivity contribution in [2.45, 2.75) is 6.54 Å². The standard InChI is InChI=1S/C11H8N3S/c1-2-4-9-8(3-1)14-7-10-12-5-6-13(10)11(14)15-9/h1-6H,7H2/q+1. The lowest BCUT2D eigenvalue weighted by Crippen LogP contribution is -2.30. The molecule has 2 aromatic heterocycles. The van der Waals surface area contributed by atoms with Crippen molar-refractivity contribution in [2.75, 3.05) is 0 Å². The fraction of sp³-hybridized carbons (Fsp3) is 0.0909. The van der Waals surface area contributed by atoms with Gasteiger partial charge in [0.05, 0.1) is 10.9 Å². The second-order valence-corrected chi connectivity index (χ2v) is 4.66. The summed E-state index contributed by atoms with van der Waals surface area (Å²) in [7, 11) is 0. The van der Waals surface area contributed by atoms with E-state index in [2.05, 4.69) is 38.4 Å². The lowest BCUT2D eigenvalue weighted by atomic mass is 10.3. The first-order valence-electron chi connectivity index (χ1n) is 4.87. The molecule has 0 unspecified atom stereocenters. The van der Waals surface area contributed by atoms with Crippen LogP contribution >= 0.6 is 11.3 Å². The van der Waals surface area contributed by atoms with E-state index in [0.29, 0.717) is 0 Å². The van der Waals surface area contributed by atoms with Crippen molar-refractivity contribution < 1.29 is 4.57 Å². The summed E-state index contributed by atoms with van der Waals surface area (Å²) < 4.78 is 5.83. The molecule has 0 aliphatic carbocycles. The molecule has 4 heteroatoms. The van der Waals surface area contributed by atoms with Crippen LogP contribution in [0.3, 0.4) is 0 Å². The summed E-state index contributed by atoms with van der Waals surface area (Å²) in [5.41, 5.74) is 1.31. The number of rotatable bonds is 0. The summed E-state index contributed by atoms with van der Waals surface area (Å²) in [4.78, 5) is 4.34. The van der Waals surface area contributed by atoms with Crippen molar-refractivity contribution in [1.82, 2.24) is 9.55 Å². The third-order valence-electron chi connectivity index (χ3n) is 2.81. The molecule has 4 rings (SSSR count). The Hall–Kier alpha value is -1.68. The van der Waals surface area contributed by atoms with Gasteiger partial charge in [-0.15, -0.1) is 0 Å². The van der Waals surface area contributed by atoms with Gasteiger partial charge in [-0.05, 0) is 23.5 Å². The first kappa shape index (κ1) is 7.59. The van der Waals surface area contributed by atoms with Crippen molar-refractivity contribution in [3.63, 3.8) is 0 Å². The van der Waals surface area contributed by atoms with Crippen LogP contribution in [0.25, 0.3) is 15.3 Å². The van der Waals surface area contributed by atoms with Crippen LogP contribution in [0, 0.1) is 0 Å². The predicted octanol–water partition coefficient (Wildman–Crippen LogP) is 1.74. The molecule has 0 spiro atoms. The van der Waals surface area contributed by atoms with E-state index in [1.807, 2.05) is 23.7 Å². The Kier molecular flexibility index (Phi) is 1.25. The second kappa shape index (κ2) is 2.46. The van der Waals surface area contributed by atoms with Crippen LogP contribution in [-0.2, 0) is 6.54 Å². The Morgan fingerprint density at radius 2 is 2.27 bits per heavy atom. The topological polar surface area (TPSA) is 21.7 Å². The molecule has 1 aliphatic rings. The SMILES string of the molecule is c1ccc2c(c1)sc1[n+]2Cc2nccn2-1. The predicted molar refractivity (Wildman–Crippen MR) is 58.2 cm³/mol. The third kappa shape index (κ3) is 0.849. The second-order valence-electron chi connectivity index (χ2n) is 3.65. The summed E-state index contributed by atoms with van der Waals surface area (Å²) in [5, 5.41) is 1.27.